The number of aryl methyl sites for hydroxylation is 1. The molecule has 1 N–H and O–H groups in total. The molecule has 0 unspecified atom stereocenters. The van der Waals surface area contributed by atoms with Gasteiger partial charge in [-0.05, 0) is 91.4 Å². The Morgan fingerprint density at radius 1 is 1.10 bits per heavy atom. The molecule has 3 aromatic rings. The van der Waals surface area contributed by atoms with Crippen molar-refractivity contribution in [2.45, 2.75) is 27.2 Å². The second-order valence-electron chi connectivity index (χ2n) is 7.02. The predicted molar refractivity (Wildman–Crippen MR) is 130 cm³/mol. The SMILES string of the molecule is CCOC(=O)Cc1ccc(-n2c(C)cc(/C=N\NC(=O)c3ccc(I)cc3)c2C)cc1. The van der Waals surface area contributed by atoms with Crippen molar-refractivity contribution in [3.05, 3.63) is 86.2 Å². The Balaban J connectivity index is 1.71. The monoisotopic (exact) mass is 529 g/mol. The van der Waals surface area contributed by atoms with Crippen molar-refractivity contribution >= 4 is 40.7 Å². The molecule has 3 rings (SSSR count). The van der Waals surface area contributed by atoms with Crippen molar-refractivity contribution in [3.8, 4) is 5.69 Å². The van der Waals surface area contributed by atoms with Crippen LogP contribution in [0.5, 0.6) is 0 Å². The third-order valence-corrected chi connectivity index (χ3v) is 5.51. The second-order valence-corrected chi connectivity index (χ2v) is 8.26. The van der Waals surface area contributed by atoms with Gasteiger partial charge < -0.3 is 9.30 Å². The number of carbonyl (C=O) groups is 2. The van der Waals surface area contributed by atoms with Crippen LogP contribution in [0.25, 0.3) is 5.69 Å². The lowest BCUT2D eigenvalue weighted by atomic mass is 10.1. The van der Waals surface area contributed by atoms with Crippen LogP contribution in [0.2, 0.25) is 0 Å². The molecule has 1 amide bonds. The number of ether oxygens (including phenoxy) is 1. The molecule has 0 spiro atoms. The first-order valence-corrected chi connectivity index (χ1v) is 11.0. The molecular weight excluding hydrogens is 505 g/mol. The topological polar surface area (TPSA) is 72.7 Å². The maximum atomic E-state index is 12.2. The summed E-state index contributed by atoms with van der Waals surface area (Å²) in [7, 11) is 0. The predicted octanol–water partition coefficient (Wildman–Crippen LogP) is 4.57. The number of nitrogens with one attached hydrogen (secondary N) is 1. The summed E-state index contributed by atoms with van der Waals surface area (Å²) < 4.78 is 8.18. The molecule has 160 valence electrons. The van der Waals surface area contributed by atoms with Crippen LogP contribution in [-0.2, 0) is 16.0 Å². The largest absolute Gasteiger partial charge is 0.466 e. The Bertz CT molecular complexity index is 1100. The van der Waals surface area contributed by atoms with E-state index >= 15 is 0 Å². The first-order valence-electron chi connectivity index (χ1n) is 9.92. The highest BCUT2D eigenvalue weighted by Gasteiger charge is 2.11. The lowest BCUT2D eigenvalue weighted by Gasteiger charge is -2.10. The fraction of sp³-hybridized carbons (Fsp3) is 0.208. The van der Waals surface area contributed by atoms with Gasteiger partial charge in [0.15, 0.2) is 0 Å². The number of halogens is 1. The molecule has 2 aromatic carbocycles. The number of carbonyl (C=O) groups excluding carboxylic acids is 2. The van der Waals surface area contributed by atoms with Gasteiger partial charge in [0.1, 0.15) is 0 Å². The van der Waals surface area contributed by atoms with E-state index in [1.807, 2.05) is 56.3 Å². The van der Waals surface area contributed by atoms with Crippen LogP contribution in [0, 0.1) is 17.4 Å². The number of benzene rings is 2. The molecule has 6 nitrogen and oxygen atoms in total. The molecular formula is C24H24IN3O3. The molecule has 0 fully saturated rings. The summed E-state index contributed by atoms with van der Waals surface area (Å²) in [6.07, 6.45) is 1.91. The quantitative estimate of drug-likeness (QED) is 0.211. The zero-order valence-electron chi connectivity index (χ0n) is 17.7. The summed E-state index contributed by atoms with van der Waals surface area (Å²) >= 11 is 2.20. The molecule has 0 saturated carbocycles. The lowest BCUT2D eigenvalue weighted by Crippen LogP contribution is -2.17. The number of hydrazone groups is 1. The van der Waals surface area contributed by atoms with Crippen molar-refractivity contribution in [3.63, 3.8) is 0 Å². The third-order valence-electron chi connectivity index (χ3n) is 4.79. The van der Waals surface area contributed by atoms with Crippen LogP contribution in [-0.4, -0.2) is 29.3 Å². The summed E-state index contributed by atoms with van der Waals surface area (Å²) in [6, 6.07) is 17.1. The molecule has 7 heteroatoms. The van der Waals surface area contributed by atoms with Crippen molar-refractivity contribution in [1.29, 1.82) is 0 Å². The standard InChI is InChI=1S/C24H24IN3O3/c1-4-31-23(29)14-18-5-11-22(12-6-18)28-16(2)13-20(17(28)3)15-26-27-24(30)19-7-9-21(25)10-8-19/h5-13,15H,4,14H2,1-3H3,(H,27,30)/b26-15-. The van der Waals surface area contributed by atoms with Crippen LogP contribution < -0.4 is 5.43 Å². The highest BCUT2D eigenvalue weighted by molar-refractivity contribution is 14.1. The third kappa shape index (κ3) is 5.81. The van der Waals surface area contributed by atoms with E-state index in [1.54, 1.807) is 25.3 Å². The minimum atomic E-state index is -0.251. The first-order chi connectivity index (χ1) is 14.9. The number of aromatic nitrogens is 1. The molecule has 0 aliphatic rings. The maximum Gasteiger partial charge on any atom is 0.310 e. The maximum absolute atomic E-state index is 12.2. The van der Waals surface area contributed by atoms with Gasteiger partial charge in [0.2, 0.25) is 0 Å². The summed E-state index contributed by atoms with van der Waals surface area (Å²) in [6.45, 7) is 6.20. The molecule has 0 atom stereocenters. The molecule has 0 radical (unpaired) electrons. The summed E-state index contributed by atoms with van der Waals surface area (Å²) in [5.74, 6) is -0.479. The van der Waals surface area contributed by atoms with E-state index < -0.39 is 0 Å². The smallest absolute Gasteiger partial charge is 0.310 e. The van der Waals surface area contributed by atoms with Gasteiger partial charge in [-0.15, -0.1) is 0 Å². The molecule has 1 aromatic heterocycles. The minimum Gasteiger partial charge on any atom is -0.466 e. The lowest BCUT2D eigenvalue weighted by molar-refractivity contribution is -0.142. The minimum absolute atomic E-state index is 0.227. The average Bonchev–Trinajstić information content (AvgIpc) is 3.02. The van der Waals surface area contributed by atoms with Gasteiger partial charge in [-0.3, -0.25) is 9.59 Å². The fourth-order valence-corrected chi connectivity index (χ4v) is 3.64. The van der Waals surface area contributed by atoms with Crippen LogP contribution in [0.3, 0.4) is 0 Å². The molecule has 0 aliphatic heterocycles. The summed E-state index contributed by atoms with van der Waals surface area (Å²) in [5.41, 5.74) is 7.99. The van der Waals surface area contributed by atoms with Crippen molar-refractivity contribution < 1.29 is 14.3 Å². The van der Waals surface area contributed by atoms with E-state index in [1.165, 1.54) is 0 Å². The number of hydrogen-bond acceptors (Lipinski definition) is 4. The van der Waals surface area contributed by atoms with Crippen molar-refractivity contribution in [2.24, 2.45) is 5.10 Å². The van der Waals surface area contributed by atoms with Crippen LogP contribution in [0.4, 0.5) is 0 Å². The Morgan fingerprint density at radius 2 is 1.77 bits per heavy atom. The van der Waals surface area contributed by atoms with Gasteiger partial charge in [-0.2, -0.15) is 5.10 Å². The Kier molecular flexibility index (Phi) is 7.62. The van der Waals surface area contributed by atoms with Gasteiger partial charge in [0.25, 0.3) is 5.91 Å². The van der Waals surface area contributed by atoms with Crippen molar-refractivity contribution in [2.75, 3.05) is 6.61 Å². The Morgan fingerprint density at radius 3 is 2.42 bits per heavy atom. The second kappa shape index (κ2) is 10.4. The molecule has 31 heavy (non-hydrogen) atoms. The molecule has 0 saturated heterocycles. The zero-order chi connectivity index (χ0) is 22.4. The average molecular weight is 529 g/mol. The van der Waals surface area contributed by atoms with Crippen LogP contribution in [0.1, 0.15) is 39.8 Å². The van der Waals surface area contributed by atoms with Gasteiger partial charge in [-0.25, -0.2) is 5.43 Å². The van der Waals surface area contributed by atoms with E-state index in [-0.39, 0.29) is 18.3 Å². The van der Waals surface area contributed by atoms with Gasteiger partial charge >= 0.3 is 5.97 Å². The van der Waals surface area contributed by atoms with E-state index in [2.05, 4.69) is 37.7 Å². The number of esters is 1. The first kappa shape index (κ1) is 22.7. The summed E-state index contributed by atoms with van der Waals surface area (Å²) in [5, 5.41) is 4.12. The highest BCUT2D eigenvalue weighted by atomic mass is 127. The van der Waals surface area contributed by atoms with E-state index in [9.17, 15) is 9.59 Å². The normalized spacial score (nSPS) is 11.0. The van der Waals surface area contributed by atoms with Crippen LogP contribution >= 0.6 is 22.6 Å². The number of amides is 1. The Hall–Kier alpha value is -2.94. The van der Waals surface area contributed by atoms with Crippen molar-refractivity contribution in [1.82, 2.24) is 9.99 Å². The molecule has 0 aliphatic carbocycles. The van der Waals surface area contributed by atoms with E-state index in [4.69, 9.17) is 4.74 Å². The fourth-order valence-electron chi connectivity index (χ4n) is 3.28. The molecule has 1 heterocycles. The van der Waals surface area contributed by atoms with Gasteiger partial charge in [0, 0.05) is 31.8 Å². The highest BCUT2D eigenvalue weighted by Crippen LogP contribution is 2.20. The van der Waals surface area contributed by atoms with Crippen LogP contribution in [0.15, 0.2) is 59.7 Å². The summed E-state index contributed by atoms with van der Waals surface area (Å²) in [4.78, 5) is 23.9. The zero-order valence-corrected chi connectivity index (χ0v) is 19.8. The number of rotatable bonds is 7. The number of hydrogen-bond donors (Lipinski definition) is 1. The Labute approximate surface area is 195 Å². The number of nitrogens with zero attached hydrogens (tertiary/aromatic N) is 2. The van der Waals surface area contributed by atoms with Gasteiger partial charge in [0.05, 0.1) is 19.2 Å². The molecule has 0 bridgehead atoms. The van der Waals surface area contributed by atoms with Gasteiger partial charge in [-0.1, -0.05) is 12.1 Å². The van der Waals surface area contributed by atoms with E-state index in [0.717, 1.165) is 31.8 Å². The van der Waals surface area contributed by atoms with E-state index in [0.29, 0.717) is 12.2 Å².